The number of hydrogen-bond donors (Lipinski definition) is 1. The molecule has 104 valence electrons. The standard InChI is InChI=1S/C16H22O3/c1-11(8-15(17)18)4-5-12-6-7-14-13(9-12)10-16(2,3)19-14/h6-7,9,11H,4-5,8,10H2,1-3H3,(H,17,18). The first-order valence-corrected chi connectivity index (χ1v) is 6.88. The Morgan fingerprint density at radius 1 is 1.47 bits per heavy atom. The van der Waals surface area contributed by atoms with Gasteiger partial charge in [-0.05, 0) is 49.8 Å². The summed E-state index contributed by atoms with van der Waals surface area (Å²) in [6.45, 7) is 6.19. The van der Waals surface area contributed by atoms with Gasteiger partial charge in [0.1, 0.15) is 11.4 Å². The van der Waals surface area contributed by atoms with Gasteiger partial charge in [-0.2, -0.15) is 0 Å². The van der Waals surface area contributed by atoms with Crippen molar-refractivity contribution < 1.29 is 14.6 Å². The van der Waals surface area contributed by atoms with Crippen LogP contribution >= 0.6 is 0 Å². The van der Waals surface area contributed by atoms with Crippen molar-refractivity contribution in [2.45, 2.75) is 52.1 Å². The lowest BCUT2D eigenvalue weighted by molar-refractivity contribution is -0.138. The first-order valence-electron chi connectivity index (χ1n) is 6.88. The maximum absolute atomic E-state index is 10.6. The van der Waals surface area contributed by atoms with Gasteiger partial charge >= 0.3 is 5.97 Å². The number of carboxylic acids is 1. The fraction of sp³-hybridized carbons (Fsp3) is 0.562. The van der Waals surface area contributed by atoms with E-state index in [2.05, 4.69) is 26.0 Å². The van der Waals surface area contributed by atoms with Crippen LogP contribution in [-0.4, -0.2) is 16.7 Å². The zero-order valence-corrected chi connectivity index (χ0v) is 11.9. The molecule has 1 N–H and O–H groups in total. The molecule has 3 heteroatoms. The van der Waals surface area contributed by atoms with E-state index in [0.717, 1.165) is 25.0 Å². The summed E-state index contributed by atoms with van der Waals surface area (Å²) in [5.74, 6) is 0.502. The molecule has 1 unspecified atom stereocenters. The molecule has 3 nitrogen and oxygen atoms in total. The van der Waals surface area contributed by atoms with Gasteiger partial charge in [0.15, 0.2) is 0 Å². The summed E-state index contributed by atoms with van der Waals surface area (Å²) in [6, 6.07) is 6.34. The van der Waals surface area contributed by atoms with Crippen LogP contribution in [0, 0.1) is 5.92 Å². The van der Waals surface area contributed by atoms with Crippen molar-refractivity contribution in [2.24, 2.45) is 5.92 Å². The Morgan fingerprint density at radius 3 is 2.89 bits per heavy atom. The molecule has 1 aromatic rings. The second kappa shape index (κ2) is 5.24. The summed E-state index contributed by atoms with van der Waals surface area (Å²) in [4.78, 5) is 10.6. The van der Waals surface area contributed by atoms with Crippen LogP contribution in [0.1, 0.15) is 44.7 Å². The van der Waals surface area contributed by atoms with Crippen molar-refractivity contribution in [3.63, 3.8) is 0 Å². The minimum Gasteiger partial charge on any atom is -0.487 e. The second-order valence-corrected chi connectivity index (χ2v) is 6.22. The first-order chi connectivity index (χ1) is 8.85. The van der Waals surface area contributed by atoms with Crippen molar-refractivity contribution in [1.82, 2.24) is 0 Å². The van der Waals surface area contributed by atoms with Gasteiger partial charge in [0.2, 0.25) is 0 Å². The number of ether oxygens (including phenoxy) is 1. The third kappa shape index (κ3) is 3.72. The van der Waals surface area contributed by atoms with Gasteiger partial charge in [0.25, 0.3) is 0 Å². The number of rotatable bonds is 5. The summed E-state index contributed by atoms with van der Waals surface area (Å²) in [6.07, 6.45) is 3.04. The Morgan fingerprint density at radius 2 is 2.21 bits per heavy atom. The molecule has 0 fully saturated rings. The van der Waals surface area contributed by atoms with Crippen molar-refractivity contribution in [2.75, 3.05) is 0 Å². The van der Waals surface area contributed by atoms with Crippen LogP contribution in [0.25, 0.3) is 0 Å². The molecule has 1 atom stereocenters. The third-order valence-electron chi connectivity index (χ3n) is 3.58. The number of carboxylic acid groups (broad SMARTS) is 1. The van der Waals surface area contributed by atoms with Gasteiger partial charge in [-0.25, -0.2) is 0 Å². The van der Waals surface area contributed by atoms with E-state index in [-0.39, 0.29) is 17.9 Å². The SMILES string of the molecule is CC(CCc1ccc2c(c1)CC(C)(C)O2)CC(=O)O. The zero-order chi connectivity index (χ0) is 14.0. The molecule has 1 aliphatic rings. The molecule has 0 bridgehead atoms. The predicted octanol–water partition coefficient (Wildman–Crippen LogP) is 3.44. The quantitative estimate of drug-likeness (QED) is 0.884. The molecule has 2 rings (SSSR count). The lowest BCUT2D eigenvalue weighted by atomic mass is 9.95. The highest BCUT2D eigenvalue weighted by Crippen LogP contribution is 2.35. The normalized spacial score (nSPS) is 17.6. The van der Waals surface area contributed by atoms with Crippen molar-refractivity contribution in [1.29, 1.82) is 0 Å². The van der Waals surface area contributed by atoms with E-state index >= 15 is 0 Å². The summed E-state index contributed by atoms with van der Waals surface area (Å²) < 4.78 is 5.85. The molecule has 19 heavy (non-hydrogen) atoms. The smallest absolute Gasteiger partial charge is 0.303 e. The predicted molar refractivity (Wildman–Crippen MR) is 74.6 cm³/mol. The Labute approximate surface area is 114 Å². The summed E-state index contributed by atoms with van der Waals surface area (Å²) in [5.41, 5.74) is 2.45. The van der Waals surface area contributed by atoms with Crippen LogP contribution in [0.4, 0.5) is 0 Å². The Hall–Kier alpha value is -1.51. The number of carbonyl (C=O) groups is 1. The van der Waals surface area contributed by atoms with Crippen molar-refractivity contribution >= 4 is 5.97 Å². The lowest BCUT2D eigenvalue weighted by Gasteiger charge is -2.16. The van der Waals surface area contributed by atoms with E-state index in [9.17, 15) is 4.79 Å². The Kier molecular flexibility index (Phi) is 3.83. The molecule has 0 spiro atoms. The third-order valence-corrected chi connectivity index (χ3v) is 3.58. The molecule has 1 heterocycles. The molecule has 0 saturated heterocycles. The van der Waals surface area contributed by atoms with Crippen LogP contribution in [0.15, 0.2) is 18.2 Å². The zero-order valence-electron chi connectivity index (χ0n) is 11.9. The van der Waals surface area contributed by atoms with Gasteiger partial charge < -0.3 is 9.84 Å². The Bertz CT molecular complexity index is 477. The van der Waals surface area contributed by atoms with Gasteiger partial charge in [0.05, 0.1) is 0 Å². The van der Waals surface area contributed by atoms with Crippen LogP contribution < -0.4 is 4.74 Å². The highest BCUT2D eigenvalue weighted by atomic mass is 16.5. The van der Waals surface area contributed by atoms with Crippen LogP contribution in [-0.2, 0) is 17.6 Å². The van der Waals surface area contributed by atoms with E-state index in [1.54, 1.807) is 0 Å². The monoisotopic (exact) mass is 262 g/mol. The van der Waals surface area contributed by atoms with Crippen LogP contribution in [0.3, 0.4) is 0 Å². The summed E-state index contributed by atoms with van der Waals surface area (Å²) in [7, 11) is 0. The van der Waals surface area contributed by atoms with Gasteiger partial charge in [-0.3, -0.25) is 4.79 Å². The first kappa shape index (κ1) is 13.9. The van der Waals surface area contributed by atoms with E-state index in [0.29, 0.717) is 0 Å². The van der Waals surface area contributed by atoms with E-state index in [1.165, 1.54) is 11.1 Å². The maximum atomic E-state index is 10.6. The second-order valence-electron chi connectivity index (χ2n) is 6.22. The number of hydrogen-bond acceptors (Lipinski definition) is 2. The fourth-order valence-electron chi connectivity index (χ4n) is 2.63. The van der Waals surface area contributed by atoms with Crippen LogP contribution in [0.5, 0.6) is 5.75 Å². The number of aliphatic carboxylic acids is 1. The van der Waals surface area contributed by atoms with Gasteiger partial charge in [0, 0.05) is 12.8 Å². The van der Waals surface area contributed by atoms with Crippen molar-refractivity contribution in [3.05, 3.63) is 29.3 Å². The molecule has 0 amide bonds. The fourth-order valence-corrected chi connectivity index (χ4v) is 2.63. The van der Waals surface area contributed by atoms with Gasteiger partial charge in [-0.1, -0.05) is 19.1 Å². The number of aryl methyl sites for hydroxylation is 1. The molecule has 0 aliphatic carbocycles. The largest absolute Gasteiger partial charge is 0.487 e. The van der Waals surface area contributed by atoms with Crippen molar-refractivity contribution in [3.8, 4) is 5.75 Å². The van der Waals surface area contributed by atoms with Crippen LogP contribution in [0.2, 0.25) is 0 Å². The number of fused-ring (bicyclic) bond motifs is 1. The Balaban J connectivity index is 1.95. The molecular weight excluding hydrogens is 240 g/mol. The molecule has 1 aromatic carbocycles. The average Bonchev–Trinajstić information content (AvgIpc) is 2.58. The van der Waals surface area contributed by atoms with Gasteiger partial charge in [-0.15, -0.1) is 0 Å². The molecule has 0 radical (unpaired) electrons. The summed E-state index contributed by atoms with van der Waals surface area (Å²) in [5, 5.41) is 8.75. The van der Waals surface area contributed by atoms with E-state index < -0.39 is 5.97 Å². The minimum absolute atomic E-state index is 0.0996. The highest BCUT2D eigenvalue weighted by molar-refractivity contribution is 5.66. The molecule has 0 aromatic heterocycles. The topological polar surface area (TPSA) is 46.5 Å². The molecular formula is C16H22O3. The summed E-state index contributed by atoms with van der Waals surface area (Å²) >= 11 is 0. The maximum Gasteiger partial charge on any atom is 0.303 e. The lowest BCUT2D eigenvalue weighted by Crippen LogP contribution is -2.24. The van der Waals surface area contributed by atoms with E-state index in [4.69, 9.17) is 9.84 Å². The number of benzene rings is 1. The van der Waals surface area contributed by atoms with E-state index in [1.807, 2.05) is 13.0 Å². The molecule has 1 aliphatic heterocycles. The average molecular weight is 262 g/mol. The minimum atomic E-state index is -0.711. The molecule has 0 saturated carbocycles. The highest BCUT2D eigenvalue weighted by Gasteiger charge is 2.29.